The molecule has 0 aliphatic carbocycles. The van der Waals surface area contributed by atoms with Gasteiger partial charge in [-0.3, -0.25) is 4.79 Å². The van der Waals surface area contributed by atoms with Crippen molar-refractivity contribution in [1.82, 2.24) is 14.9 Å². The van der Waals surface area contributed by atoms with Crippen LogP contribution in [0.4, 0.5) is 0 Å². The topological polar surface area (TPSA) is 46.9 Å². The molecule has 0 spiro atoms. The van der Waals surface area contributed by atoms with Crippen LogP contribution < -0.4 is 5.32 Å². The molecule has 160 valence electrons. The number of amides is 1. The second kappa shape index (κ2) is 11.5. The molecule has 1 heterocycles. The van der Waals surface area contributed by atoms with Crippen molar-refractivity contribution in [3.8, 4) is 0 Å². The minimum atomic E-state index is -0.000665. The van der Waals surface area contributed by atoms with Gasteiger partial charge in [-0.25, -0.2) is 4.98 Å². The lowest BCUT2D eigenvalue weighted by Gasteiger charge is -2.10. The Labute approximate surface area is 180 Å². The third kappa shape index (κ3) is 6.19. The Bertz CT molecular complexity index is 944. The minimum Gasteiger partial charge on any atom is -0.352 e. The second-order valence-electron chi connectivity index (χ2n) is 8.17. The molecule has 0 unspecified atom stereocenters. The number of rotatable bonds is 12. The average molecular weight is 406 g/mol. The quantitative estimate of drug-likeness (QED) is 0.372. The summed E-state index contributed by atoms with van der Waals surface area (Å²) in [5.41, 5.74) is 4.13. The number of aromatic nitrogens is 2. The molecule has 4 nitrogen and oxygen atoms in total. The molecule has 0 aliphatic rings. The van der Waals surface area contributed by atoms with E-state index in [2.05, 4.69) is 41.1 Å². The number of fused-ring (bicyclic) bond motifs is 1. The molecule has 1 amide bonds. The minimum absolute atomic E-state index is 0.000665. The highest BCUT2D eigenvalue weighted by Crippen LogP contribution is 2.19. The summed E-state index contributed by atoms with van der Waals surface area (Å²) in [7, 11) is 0. The number of aryl methyl sites for hydroxylation is 3. The zero-order chi connectivity index (χ0) is 21.2. The molecule has 0 saturated heterocycles. The van der Waals surface area contributed by atoms with Gasteiger partial charge in [-0.05, 0) is 44.0 Å². The van der Waals surface area contributed by atoms with E-state index in [0.29, 0.717) is 6.54 Å². The first kappa shape index (κ1) is 22.1. The second-order valence-corrected chi connectivity index (χ2v) is 8.17. The van der Waals surface area contributed by atoms with E-state index in [1.165, 1.54) is 44.0 Å². The summed E-state index contributed by atoms with van der Waals surface area (Å²) in [5, 5.41) is 3.05. The van der Waals surface area contributed by atoms with E-state index < -0.39 is 0 Å². The van der Waals surface area contributed by atoms with Crippen molar-refractivity contribution in [1.29, 1.82) is 0 Å². The zero-order valence-corrected chi connectivity index (χ0v) is 18.5. The molecule has 1 N–H and O–H groups in total. The molecule has 0 radical (unpaired) electrons. The molecule has 0 fully saturated rings. The van der Waals surface area contributed by atoms with E-state index in [1.807, 2.05) is 31.2 Å². The Morgan fingerprint density at radius 1 is 0.967 bits per heavy atom. The Balaban J connectivity index is 1.53. The van der Waals surface area contributed by atoms with Gasteiger partial charge in [0.1, 0.15) is 5.82 Å². The molecule has 30 heavy (non-hydrogen) atoms. The van der Waals surface area contributed by atoms with Crippen molar-refractivity contribution in [2.75, 3.05) is 6.54 Å². The Morgan fingerprint density at radius 2 is 1.77 bits per heavy atom. The maximum atomic E-state index is 12.3. The maximum Gasteiger partial charge on any atom is 0.251 e. The zero-order valence-electron chi connectivity index (χ0n) is 18.5. The van der Waals surface area contributed by atoms with Crippen LogP contribution in [0, 0.1) is 6.92 Å². The summed E-state index contributed by atoms with van der Waals surface area (Å²) in [5.74, 6) is 1.13. The fourth-order valence-electron chi connectivity index (χ4n) is 3.95. The summed E-state index contributed by atoms with van der Waals surface area (Å²) >= 11 is 0. The van der Waals surface area contributed by atoms with Crippen LogP contribution in [0.2, 0.25) is 0 Å². The summed E-state index contributed by atoms with van der Waals surface area (Å²) in [6.45, 7) is 5.95. The highest BCUT2D eigenvalue weighted by molar-refractivity contribution is 5.94. The van der Waals surface area contributed by atoms with Gasteiger partial charge in [-0.15, -0.1) is 0 Å². The smallest absolute Gasteiger partial charge is 0.251 e. The number of unbranched alkanes of at least 4 members (excludes halogenated alkanes) is 5. The van der Waals surface area contributed by atoms with E-state index in [1.54, 1.807) is 0 Å². The van der Waals surface area contributed by atoms with E-state index in [-0.39, 0.29) is 5.91 Å². The van der Waals surface area contributed by atoms with Gasteiger partial charge >= 0.3 is 0 Å². The van der Waals surface area contributed by atoms with Crippen LogP contribution >= 0.6 is 0 Å². The molecule has 2 aromatic carbocycles. The van der Waals surface area contributed by atoms with E-state index in [4.69, 9.17) is 4.98 Å². The van der Waals surface area contributed by atoms with Crippen molar-refractivity contribution in [2.45, 2.75) is 71.8 Å². The number of nitrogens with zero attached hydrogens (tertiary/aromatic N) is 2. The fraction of sp³-hybridized carbons (Fsp3) is 0.462. The largest absolute Gasteiger partial charge is 0.352 e. The first-order valence-electron chi connectivity index (χ1n) is 11.5. The average Bonchev–Trinajstić information content (AvgIpc) is 3.11. The van der Waals surface area contributed by atoms with Crippen molar-refractivity contribution in [3.05, 3.63) is 65.5 Å². The summed E-state index contributed by atoms with van der Waals surface area (Å²) in [4.78, 5) is 17.2. The van der Waals surface area contributed by atoms with Crippen molar-refractivity contribution >= 4 is 16.9 Å². The third-order valence-electron chi connectivity index (χ3n) is 5.61. The molecule has 4 heteroatoms. The fourth-order valence-corrected chi connectivity index (χ4v) is 3.95. The predicted octanol–water partition coefficient (Wildman–Crippen LogP) is 6.07. The summed E-state index contributed by atoms with van der Waals surface area (Å²) in [6, 6.07) is 16.1. The van der Waals surface area contributed by atoms with Crippen LogP contribution in [0.1, 0.15) is 73.6 Å². The lowest BCUT2D eigenvalue weighted by Crippen LogP contribution is -2.25. The molecule has 0 bridgehead atoms. The molecule has 0 aliphatic heterocycles. The van der Waals surface area contributed by atoms with Crippen LogP contribution in [-0.4, -0.2) is 22.0 Å². The lowest BCUT2D eigenvalue weighted by molar-refractivity contribution is 0.0953. The molecule has 3 aromatic rings. The Hall–Kier alpha value is -2.62. The SMILES string of the molecule is CCCCCCCCn1c(CCCNC(=O)c2cccc(C)c2)nc2ccccc21. The number of imidazole rings is 1. The molecule has 3 rings (SSSR count). The predicted molar refractivity (Wildman–Crippen MR) is 125 cm³/mol. The monoisotopic (exact) mass is 405 g/mol. The van der Waals surface area contributed by atoms with E-state index in [9.17, 15) is 4.79 Å². The number of benzene rings is 2. The molecule has 0 saturated carbocycles. The molecular formula is C26H35N3O. The van der Waals surface area contributed by atoms with Crippen molar-refractivity contribution in [2.24, 2.45) is 0 Å². The molecular weight excluding hydrogens is 370 g/mol. The van der Waals surface area contributed by atoms with E-state index >= 15 is 0 Å². The van der Waals surface area contributed by atoms with Crippen LogP contribution in [0.3, 0.4) is 0 Å². The van der Waals surface area contributed by atoms with Crippen molar-refractivity contribution in [3.63, 3.8) is 0 Å². The van der Waals surface area contributed by atoms with Gasteiger partial charge in [0.15, 0.2) is 0 Å². The summed E-state index contributed by atoms with van der Waals surface area (Å²) < 4.78 is 2.39. The number of para-hydroxylation sites is 2. The number of carbonyl (C=O) groups is 1. The first-order chi connectivity index (χ1) is 14.7. The van der Waals surface area contributed by atoms with Crippen molar-refractivity contribution < 1.29 is 4.79 Å². The normalized spacial score (nSPS) is 11.1. The summed E-state index contributed by atoms with van der Waals surface area (Å²) in [6.07, 6.45) is 9.52. The molecule has 0 atom stereocenters. The lowest BCUT2D eigenvalue weighted by atomic mass is 10.1. The van der Waals surface area contributed by atoms with Gasteiger partial charge in [0.25, 0.3) is 5.91 Å². The number of nitrogens with one attached hydrogen (secondary N) is 1. The highest BCUT2D eigenvalue weighted by atomic mass is 16.1. The maximum absolute atomic E-state index is 12.3. The number of carbonyl (C=O) groups excluding carboxylic acids is 1. The third-order valence-corrected chi connectivity index (χ3v) is 5.61. The van der Waals surface area contributed by atoms with Gasteiger partial charge in [0, 0.05) is 25.1 Å². The van der Waals surface area contributed by atoms with Gasteiger partial charge in [-0.1, -0.05) is 68.9 Å². The van der Waals surface area contributed by atoms with Gasteiger partial charge in [-0.2, -0.15) is 0 Å². The number of hydrogen-bond acceptors (Lipinski definition) is 2. The van der Waals surface area contributed by atoms with Gasteiger partial charge < -0.3 is 9.88 Å². The van der Waals surface area contributed by atoms with Crippen LogP contribution in [0.15, 0.2) is 48.5 Å². The Kier molecular flexibility index (Phi) is 8.49. The first-order valence-corrected chi connectivity index (χ1v) is 11.5. The van der Waals surface area contributed by atoms with E-state index in [0.717, 1.165) is 41.9 Å². The number of hydrogen-bond donors (Lipinski definition) is 1. The van der Waals surface area contributed by atoms with Crippen LogP contribution in [-0.2, 0) is 13.0 Å². The molecule has 1 aromatic heterocycles. The van der Waals surface area contributed by atoms with Crippen LogP contribution in [0.5, 0.6) is 0 Å². The van der Waals surface area contributed by atoms with Crippen LogP contribution in [0.25, 0.3) is 11.0 Å². The van der Waals surface area contributed by atoms with Gasteiger partial charge in [0.2, 0.25) is 0 Å². The standard InChI is InChI=1S/C26H35N3O/c1-3-4-5-6-7-10-19-29-24-16-9-8-15-23(24)28-25(29)17-12-18-27-26(30)22-14-11-13-21(2)20-22/h8-9,11,13-16,20H,3-7,10,12,17-19H2,1-2H3,(H,27,30). The van der Waals surface area contributed by atoms with Gasteiger partial charge in [0.05, 0.1) is 11.0 Å². The Morgan fingerprint density at radius 3 is 2.60 bits per heavy atom. The highest BCUT2D eigenvalue weighted by Gasteiger charge is 2.11.